The lowest BCUT2D eigenvalue weighted by Crippen LogP contribution is -2.67. The van der Waals surface area contributed by atoms with Gasteiger partial charge in [-0.1, -0.05) is 133 Å². The molecule has 7 rings (SSSR count). The summed E-state index contributed by atoms with van der Waals surface area (Å²) in [7, 11) is -4.03. The van der Waals surface area contributed by atoms with Crippen molar-refractivity contribution in [2.45, 2.75) is 141 Å². The first-order chi connectivity index (χ1) is 34.7. The smallest absolute Gasteiger partial charge is 0.330 e. The number of aromatic amines is 2. The minimum absolute atomic E-state index is 0.0146. The van der Waals surface area contributed by atoms with Crippen molar-refractivity contribution in [3.63, 3.8) is 0 Å². The van der Waals surface area contributed by atoms with Crippen molar-refractivity contribution >= 4 is 51.4 Å². The van der Waals surface area contributed by atoms with Gasteiger partial charge in [-0.3, -0.25) is 38.0 Å². The Labute approximate surface area is 440 Å². The molecule has 400 valence electrons. The summed E-state index contributed by atoms with van der Waals surface area (Å²) < 4.78 is 51.7. The number of carbonyl (C=O) groups excluding carboxylic acids is 1. The Morgan fingerprint density at radius 1 is 0.743 bits per heavy atom. The topological polar surface area (TPSA) is 195 Å². The molecule has 2 aliphatic heterocycles. The fraction of sp³-hybridized carbons (Fsp3) is 0.491. The van der Waals surface area contributed by atoms with Crippen LogP contribution in [0.3, 0.4) is 0 Å². The average Bonchev–Trinajstić information content (AvgIpc) is 3.93. The van der Waals surface area contributed by atoms with E-state index >= 15 is 0 Å². The van der Waals surface area contributed by atoms with Crippen LogP contribution < -0.4 is 32.9 Å². The summed E-state index contributed by atoms with van der Waals surface area (Å²) in [5.41, 5.74) is -0.971. The molecule has 0 saturated carbocycles. The van der Waals surface area contributed by atoms with Crippen molar-refractivity contribution in [2.75, 3.05) is 26.8 Å². The fourth-order valence-electron chi connectivity index (χ4n) is 9.22. The summed E-state index contributed by atoms with van der Waals surface area (Å²) in [6.07, 6.45) is -2.64. The van der Waals surface area contributed by atoms with Gasteiger partial charge in [-0.15, -0.1) is 0 Å². The van der Waals surface area contributed by atoms with Gasteiger partial charge in [0.15, 0.2) is 8.32 Å². The van der Waals surface area contributed by atoms with E-state index in [9.17, 15) is 24.0 Å². The van der Waals surface area contributed by atoms with E-state index in [0.29, 0.717) is 16.7 Å². The Balaban J connectivity index is 1.32. The quantitative estimate of drug-likeness (QED) is 0.0628. The van der Waals surface area contributed by atoms with E-state index in [1.165, 1.54) is 33.4 Å². The van der Waals surface area contributed by atoms with Crippen molar-refractivity contribution in [3.8, 4) is 0 Å². The van der Waals surface area contributed by atoms with Crippen molar-refractivity contribution in [1.29, 1.82) is 0 Å². The first kappa shape index (κ1) is 57.0. The van der Waals surface area contributed by atoms with E-state index in [1.54, 1.807) is 20.9 Å². The van der Waals surface area contributed by atoms with Crippen LogP contribution in [0.15, 0.2) is 123 Å². The van der Waals surface area contributed by atoms with Crippen LogP contribution in [0.5, 0.6) is 0 Å². The van der Waals surface area contributed by atoms with Gasteiger partial charge in [0, 0.05) is 50.3 Å². The zero-order chi connectivity index (χ0) is 54.0. The fourth-order valence-corrected chi connectivity index (χ4v) is 17.5. The lowest BCUT2D eigenvalue weighted by atomic mass is 10.1. The van der Waals surface area contributed by atoms with E-state index < -0.39 is 93.9 Å². The zero-order valence-electron chi connectivity index (χ0n) is 44.5. The Hall–Kier alpha value is -4.71. The highest BCUT2D eigenvalue weighted by atomic mass is 32.5. The molecule has 0 aliphatic carbocycles. The number of aromatic nitrogens is 4. The third-order valence-corrected chi connectivity index (χ3v) is 26.3. The molecule has 2 saturated heterocycles. The molecule has 0 radical (unpaired) electrons. The number of hydrogen-bond acceptors (Lipinski definition) is 13. The Morgan fingerprint density at radius 3 is 1.66 bits per heavy atom. The number of carbonyl (C=O) groups is 1. The Morgan fingerprint density at radius 2 is 1.20 bits per heavy atom. The summed E-state index contributed by atoms with van der Waals surface area (Å²) in [5, 5.41) is 1.47. The molecule has 3 aromatic carbocycles. The molecule has 21 heteroatoms. The zero-order valence-corrected chi connectivity index (χ0v) is 48.2. The summed E-state index contributed by atoms with van der Waals surface area (Å²) >= 11 is 6.55. The molecule has 17 nitrogen and oxygen atoms in total. The second kappa shape index (κ2) is 22.9. The first-order valence-corrected chi connectivity index (χ1v) is 32.3. The maximum absolute atomic E-state index is 13.6. The number of nitrogens with zero attached hydrogens (tertiary/aromatic N) is 3. The van der Waals surface area contributed by atoms with Crippen LogP contribution in [0.4, 0.5) is 0 Å². The highest BCUT2D eigenvalue weighted by Crippen LogP contribution is 2.57. The van der Waals surface area contributed by atoms with Gasteiger partial charge in [-0.05, 0) is 64.8 Å². The Kier molecular flexibility index (Phi) is 17.6. The number of rotatable bonds is 19. The molecular formula is C53H72N5O12PSSi2. The molecule has 0 spiro atoms. The van der Waals surface area contributed by atoms with Crippen molar-refractivity contribution in [1.82, 2.24) is 24.0 Å². The van der Waals surface area contributed by atoms with Crippen molar-refractivity contribution < 1.29 is 36.7 Å². The summed E-state index contributed by atoms with van der Waals surface area (Å²) in [4.78, 5) is 71.2. The van der Waals surface area contributed by atoms with Crippen molar-refractivity contribution in [3.05, 3.63) is 162 Å². The Bertz CT molecular complexity index is 2990. The summed E-state index contributed by atoms with van der Waals surface area (Å²) in [6, 6.07) is 29.7. The maximum Gasteiger partial charge on any atom is 0.330 e. The van der Waals surface area contributed by atoms with E-state index in [2.05, 4.69) is 88.9 Å². The van der Waals surface area contributed by atoms with Crippen LogP contribution >= 0.6 is 6.72 Å². The molecule has 2 aromatic heterocycles. The van der Waals surface area contributed by atoms with Crippen LogP contribution in [-0.4, -0.2) is 97.8 Å². The van der Waals surface area contributed by atoms with Crippen LogP contribution in [-0.2, 0) is 48.5 Å². The number of likely N-dealkylation sites (N-methyl/N-ethyl adjacent to an activating group) is 1. The van der Waals surface area contributed by atoms with Crippen LogP contribution in [0.25, 0.3) is 0 Å². The molecule has 1 amide bonds. The molecule has 2 aliphatic rings. The standard InChI is InChI=1S/C53H72N5O12PSSi2/c1-35-30-57(50(62)54-48(35)60)46-28-41(45(67-46)34-65-74(53(7,8)9,39-24-18-14-19-25-39)40-26-20-15-21-27-40)68-71(72,69-43(32-56(10)37(3)59)38-22-16-13-17-23-38)64-33-44-42(70-73(11,12)52(4,5)6)29-47(66-44)58-31-36(2)49(61)55-51(58)63/h13-27,30-31,41-47H,28-29,32-34H2,1-12H3,(H,54,60,62)(H,55,61,63)/t41-,42-,43-,44+,45+,46+,47+,71?/m0/s1. The van der Waals surface area contributed by atoms with E-state index in [0.717, 1.165) is 10.4 Å². The minimum Gasteiger partial charge on any atom is -0.411 e. The van der Waals surface area contributed by atoms with E-state index in [-0.39, 0.29) is 43.5 Å². The number of aryl methyl sites for hydroxylation is 2. The number of hydrogen-bond donors (Lipinski definition) is 2. The molecule has 0 bridgehead atoms. The molecule has 2 fully saturated rings. The van der Waals surface area contributed by atoms with E-state index in [1.807, 2.05) is 66.7 Å². The highest BCUT2D eigenvalue weighted by molar-refractivity contribution is 8.07. The van der Waals surface area contributed by atoms with Gasteiger partial charge < -0.3 is 32.3 Å². The van der Waals surface area contributed by atoms with Crippen LogP contribution in [0, 0.1) is 13.8 Å². The largest absolute Gasteiger partial charge is 0.411 e. The van der Waals surface area contributed by atoms with Gasteiger partial charge in [0.1, 0.15) is 30.8 Å². The molecular weight excluding hydrogens is 1020 g/mol. The van der Waals surface area contributed by atoms with Crippen molar-refractivity contribution in [2.24, 2.45) is 0 Å². The predicted octanol–water partition coefficient (Wildman–Crippen LogP) is 7.11. The SMILES string of the molecule is CC(=O)N(C)C[C@H](OP(=S)(OC[C@H]1O[C@@H](n2cc(C)c(=O)[nH]c2=O)C[C@@H]1O[Si](C)(C)C(C)(C)C)O[C@H]1C[C@H](n2cc(C)c(=O)[nH]c2=O)O[C@@H]1CO[Si](c1ccccc1)(c1ccccc1)C(C)(C)C)c1ccccc1. The average molecular weight is 1090 g/mol. The number of benzene rings is 3. The first-order valence-electron chi connectivity index (χ1n) is 25.0. The lowest BCUT2D eigenvalue weighted by Gasteiger charge is -2.43. The number of amides is 1. The van der Waals surface area contributed by atoms with E-state index in [4.69, 9.17) is 43.7 Å². The third kappa shape index (κ3) is 12.8. The normalized spacial score (nSPS) is 21.8. The third-order valence-electron chi connectivity index (χ3n) is 14.5. The summed E-state index contributed by atoms with van der Waals surface area (Å²) in [6.45, 7) is 17.6. The molecule has 74 heavy (non-hydrogen) atoms. The number of nitrogens with one attached hydrogen (secondary N) is 2. The number of ether oxygens (including phenoxy) is 2. The second-order valence-corrected chi connectivity index (χ2v) is 33.8. The van der Waals surface area contributed by atoms with Gasteiger partial charge >= 0.3 is 18.1 Å². The maximum atomic E-state index is 13.6. The minimum atomic E-state index is -4.07. The molecule has 5 aromatic rings. The molecule has 8 atom stereocenters. The van der Waals surface area contributed by atoms with Gasteiger partial charge in [-0.2, -0.15) is 0 Å². The van der Waals surface area contributed by atoms with Gasteiger partial charge in [-0.25, -0.2) is 9.59 Å². The molecule has 2 N–H and O–H groups in total. The monoisotopic (exact) mass is 1090 g/mol. The molecule has 4 heterocycles. The van der Waals surface area contributed by atoms with Gasteiger partial charge in [0.2, 0.25) is 5.91 Å². The van der Waals surface area contributed by atoms with Crippen LogP contribution in [0.1, 0.15) is 96.6 Å². The predicted molar refractivity (Wildman–Crippen MR) is 294 cm³/mol. The van der Waals surface area contributed by atoms with Gasteiger partial charge in [0.25, 0.3) is 19.4 Å². The highest BCUT2D eigenvalue weighted by Gasteiger charge is 2.53. The number of H-pyrrole nitrogens is 2. The second-order valence-electron chi connectivity index (χ2n) is 21.9. The summed E-state index contributed by atoms with van der Waals surface area (Å²) in [5.74, 6) is -0.206. The van der Waals surface area contributed by atoms with Gasteiger partial charge in [0.05, 0.1) is 32.0 Å². The van der Waals surface area contributed by atoms with Crippen LogP contribution in [0.2, 0.25) is 23.2 Å². The molecule has 1 unspecified atom stereocenters. The lowest BCUT2D eigenvalue weighted by molar-refractivity contribution is -0.128.